The molecule has 0 atom stereocenters. The Morgan fingerprint density at radius 3 is 2.24 bits per heavy atom. The van der Waals surface area contributed by atoms with Crippen LogP contribution in [0.25, 0.3) is 0 Å². The van der Waals surface area contributed by atoms with E-state index in [-0.39, 0.29) is 53.5 Å². The molecular formula is C20H25N3O5S. The van der Waals surface area contributed by atoms with Crippen LogP contribution >= 0.6 is 0 Å². The summed E-state index contributed by atoms with van der Waals surface area (Å²) in [5, 5.41) is 0. The maximum absolute atomic E-state index is 12.5. The van der Waals surface area contributed by atoms with E-state index in [1.165, 1.54) is 17.0 Å². The number of rotatable bonds is 6. The third-order valence-electron chi connectivity index (χ3n) is 5.88. The van der Waals surface area contributed by atoms with Crippen LogP contribution in [0.15, 0.2) is 35.2 Å². The summed E-state index contributed by atoms with van der Waals surface area (Å²) in [6.07, 6.45) is 2.94. The first-order chi connectivity index (χ1) is 13.9. The summed E-state index contributed by atoms with van der Waals surface area (Å²) in [5.74, 6) is -0.529. The molecule has 3 fully saturated rings. The van der Waals surface area contributed by atoms with Crippen molar-refractivity contribution in [2.45, 2.75) is 49.1 Å². The van der Waals surface area contributed by atoms with Crippen molar-refractivity contribution >= 4 is 27.7 Å². The van der Waals surface area contributed by atoms with Gasteiger partial charge in [-0.1, -0.05) is 18.2 Å². The normalized spacial score (nSPS) is 21.2. The Labute approximate surface area is 170 Å². The predicted octanol–water partition coefficient (Wildman–Crippen LogP) is 1.27. The number of hydrogen-bond donors (Lipinski definition) is 0. The predicted molar refractivity (Wildman–Crippen MR) is 105 cm³/mol. The maximum Gasteiger partial charge on any atom is 0.327 e. The Morgan fingerprint density at radius 1 is 0.966 bits per heavy atom. The molecule has 0 spiro atoms. The lowest BCUT2D eigenvalue weighted by Crippen LogP contribution is -2.48. The standard InChI is InChI=1S/C20H25N3O5S/c24-18(10-13-29(27,28)17-4-2-1-3-5-17)21-11-8-15(9-12-21)22-14-19(25)23(20(22)26)16-6-7-16/h1-5,15-16H,6-14H2. The van der Waals surface area contributed by atoms with Crippen molar-refractivity contribution in [2.75, 3.05) is 25.4 Å². The zero-order chi connectivity index (χ0) is 20.6. The Kier molecular flexibility index (Phi) is 5.33. The van der Waals surface area contributed by atoms with Gasteiger partial charge in [0.25, 0.3) is 5.91 Å². The van der Waals surface area contributed by atoms with Crippen LogP contribution in [0.1, 0.15) is 32.1 Å². The van der Waals surface area contributed by atoms with Crippen molar-refractivity contribution in [3.8, 4) is 0 Å². The van der Waals surface area contributed by atoms with Gasteiger partial charge in [-0.2, -0.15) is 0 Å². The van der Waals surface area contributed by atoms with Crippen LogP contribution < -0.4 is 0 Å². The van der Waals surface area contributed by atoms with Crippen LogP contribution in [-0.4, -0.2) is 78.4 Å². The first-order valence-corrected chi connectivity index (χ1v) is 11.7. The van der Waals surface area contributed by atoms with Crippen molar-refractivity contribution in [2.24, 2.45) is 0 Å². The second kappa shape index (κ2) is 7.78. The molecule has 0 radical (unpaired) electrons. The van der Waals surface area contributed by atoms with Crippen LogP contribution in [-0.2, 0) is 19.4 Å². The SMILES string of the molecule is O=C(CCS(=O)(=O)c1ccccc1)N1CCC(N2CC(=O)N(C3CC3)C2=O)CC1. The van der Waals surface area contributed by atoms with Gasteiger partial charge in [-0.05, 0) is 37.8 Å². The minimum atomic E-state index is -3.48. The highest BCUT2D eigenvalue weighted by Gasteiger charge is 2.47. The average molecular weight is 420 g/mol. The van der Waals surface area contributed by atoms with Crippen LogP contribution in [0, 0.1) is 0 Å². The number of amides is 4. The van der Waals surface area contributed by atoms with E-state index in [4.69, 9.17) is 0 Å². The summed E-state index contributed by atoms with van der Waals surface area (Å²) in [6, 6.07) is 7.96. The number of hydrogen-bond acceptors (Lipinski definition) is 5. The summed E-state index contributed by atoms with van der Waals surface area (Å²) in [4.78, 5) is 42.1. The van der Waals surface area contributed by atoms with Gasteiger partial charge in [0, 0.05) is 31.6 Å². The molecule has 0 N–H and O–H groups in total. The van der Waals surface area contributed by atoms with Crippen LogP contribution in [0.5, 0.6) is 0 Å². The molecule has 2 saturated heterocycles. The van der Waals surface area contributed by atoms with Gasteiger partial charge in [-0.25, -0.2) is 13.2 Å². The summed E-state index contributed by atoms with van der Waals surface area (Å²) >= 11 is 0. The fourth-order valence-corrected chi connectivity index (χ4v) is 5.32. The molecule has 156 valence electrons. The highest BCUT2D eigenvalue weighted by molar-refractivity contribution is 7.91. The van der Waals surface area contributed by atoms with Gasteiger partial charge in [0.15, 0.2) is 9.84 Å². The van der Waals surface area contributed by atoms with Gasteiger partial charge in [0.2, 0.25) is 5.91 Å². The lowest BCUT2D eigenvalue weighted by atomic mass is 10.0. The largest absolute Gasteiger partial charge is 0.343 e. The van der Waals surface area contributed by atoms with Crippen molar-refractivity contribution in [3.05, 3.63) is 30.3 Å². The molecule has 2 aliphatic heterocycles. The summed E-state index contributed by atoms with van der Waals surface area (Å²) in [7, 11) is -3.48. The minimum Gasteiger partial charge on any atom is -0.343 e. The van der Waals surface area contributed by atoms with Gasteiger partial charge < -0.3 is 9.80 Å². The van der Waals surface area contributed by atoms with E-state index < -0.39 is 9.84 Å². The van der Waals surface area contributed by atoms with E-state index in [0.29, 0.717) is 25.9 Å². The number of carbonyl (C=O) groups is 3. The number of benzene rings is 1. The number of imide groups is 1. The quantitative estimate of drug-likeness (QED) is 0.647. The topological polar surface area (TPSA) is 95.1 Å². The minimum absolute atomic E-state index is 0.0488. The zero-order valence-corrected chi connectivity index (χ0v) is 17.0. The fourth-order valence-electron chi connectivity index (χ4n) is 4.06. The van der Waals surface area contributed by atoms with Crippen LogP contribution in [0.3, 0.4) is 0 Å². The second-order valence-electron chi connectivity index (χ2n) is 7.90. The maximum atomic E-state index is 12.5. The van der Waals surface area contributed by atoms with E-state index in [2.05, 4.69) is 0 Å². The van der Waals surface area contributed by atoms with Gasteiger partial charge in [0.05, 0.1) is 10.6 Å². The molecular weight excluding hydrogens is 394 g/mol. The number of carbonyl (C=O) groups excluding carboxylic acids is 3. The van der Waals surface area contributed by atoms with Crippen molar-refractivity contribution in [3.63, 3.8) is 0 Å². The monoisotopic (exact) mass is 419 g/mol. The van der Waals surface area contributed by atoms with Crippen molar-refractivity contribution in [1.29, 1.82) is 0 Å². The van der Waals surface area contributed by atoms with E-state index >= 15 is 0 Å². The highest BCUT2D eigenvalue weighted by Crippen LogP contribution is 2.32. The number of sulfone groups is 1. The molecule has 9 heteroatoms. The summed E-state index contributed by atoms with van der Waals surface area (Å²) < 4.78 is 24.7. The lowest BCUT2D eigenvalue weighted by molar-refractivity contribution is -0.132. The third-order valence-corrected chi connectivity index (χ3v) is 7.62. The molecule has 1 aromatic rings. The lowest BCUT2D eigenvalue weighted by Gasteiger charge is -2.36. The van der Waals surface area contributed by atoms with Crippen molar-refractivity contribution < 1.29 is 22.8 Å². The molecule has 0 aromatic heterocycles. The molecule has 8 nitrogen and oxygen atoms in total. The van der Waals surface area contributed by atoms with Crippen LogP contribution in [0.2, 0.25) is 0 Å². The number of nitrogens with zero attached hydrogens (tertiary/aromatic N) is 3. The summed E-state index contributed by atoms with van der Waals surface area (Å²) in [6.45, 7) is 1.07. The first-order valence-electron chi connectivity index (χ1n) is 10.0. The Hall–Kier alpha value is -2.42. The average Bonchev–Trinajstić information content (AvgIpc) is 3.51. The van der Waals surface area contributed by atoms with Gasteiger partial charge >= 0.3 is 6.03 Å². The Bertz CT molecular complexity index is 905. The van der Waals surface area contributed by atoms with Crippen LogP contribution in [0.4, 0.5) is 4.79 Å². The molecule has 2 heterocycles. The van der Waals surface area contributed by atoms with Crippen molar-refractivity contribution in [1.82, 2.24) is 14.7 Å². The van der Waals surface area contributed by atoms with Gasteiger partial charge in [-0.3, -0.25) is 14.5 Å². The highest BCUT2D eigenvalue weighted by atomic mass is 32.2. The molecule has 1 saturated carbocycles. The molecule has 4 rings (SSSR count). The number of piperidine rings is 1. The fraction of sp³-hybridized carbons (Fsp3) is 0.550. The third kappa shape index (κ3) is 4.14. The van der Waals surface area contributed by atoms with Gasteiger partial charge in [-0.15, -0.1) is 0 Å². The van der Waals surface area contributed by atoms with Gasteiger partial charge in [0.1, 0.15) is 6.54 Å². The molecule has 1 aliphatic carbocycles. The Morgan fingerprint density at radius 2 is 1.62 bits per heavy atom. The molecule has 29 heavy (non-hydrogen) atoms. The smallest absolute Gasteiger partial charge is 0.327 e. The summed E-state index contributed by atoms with van der Waals surface area (Å²) in [5.41, 5.74) is 0. The molecule has 3 aliphatic rings. The number of urea groups is 1. The molecule has 0 bridgehead atoms. The van der Waals surface area contributed by atoms with E-state index in [9.17, 15) is 22.8 Å². The number of likely N-dealkylation sites (tertiary alicyclic amines) is 1. The molecule has 1 aromatic carbocycles. The van der Waals surface area contributed by atoms with E-state index in [1.54, 1.807) is 28.0 Å². The van der Waals surface area contributed by atoms with E-state index in [0.717, 1.165) is 12.8 Å². The second-order valence-corrected chi connectivity index (χ2v) is 10.0. The first kappa shape index (κ1) is 19.9. The van der Waals surface area contributed by atoms with E-state index in [1.807, 2.05) is 0 Å². The molecule has 0 unspecified atom stereocenters. The zero-order valence-electron chi connectivity index (χ0n) is 16.2. The molecule has 4 amide bonds. The Balaban J connectivity index is 1.28.